The zero-order valence-corrected chi connectivity index (χ0v) is 11.2. The molecule has 1 aromatic heterocycles. The van der Waals surface area contributed by atoms with Crippen LogP contribution in [0.25, 0.3) is 0 Å². The second-order valence-electron chi connectivity index (χ2n) is 4.40. The van der Waals surface area contributed by atoms with Crippen LogP contribution >= 0.6 is 0 Å². The van der Waals surface area contributed by atoms with Gasteiger partial charge in [0.15, 0.2) is 0 Å². The Morgan fingerprint density at radius 2 is 2.42 bits per heavy atom. The van der Waals surface area contributed by atoms with Crippen LogP contribution in [0.15, 0.2) is 18.3 Å². The number of pyridine rings is 1. The van der Waals surface area contributed by atoms with E-state index in [0.29, 0.717) is 24.6 Å². The molecule has 0 bridgehead atoms. The average Bonchev–Trinajstić information content (AvgIpc) is 2.47. The van der Waals surface area contributed by atoms with Gasteiger partial charge in [0.05, 0.1) is 18.8 Å². The maximum Gasteiger partial charge on any atom is 0.251 e. The molecule has 0 radical (unpaired) electrons. The topological polar surface area (TPSA) is 72.5 Å². The van der Waals surface area contributed by atoms with Gasteiger partial charge in [0.2, 0.25) is 0 Å². The van der Waals surface area contributed by atoms with Crippen LogP contribution in [0.1, 0.15) is 16.8 Å². The lowest BCUT2D eigenvalue weighted by Crippen LogP contribution is -2.50. The summed E-state index contributed by atoms with van der Waals surface area (Å²) < 4.78 is 10.7. The molecule has 1 aliphatic heterocycles. The smallest absolute Gasteiger partial charge is 0.251 e. The van der Waals surface area contributed by atoms with Gasteiger partial charge in [0, 0.05) is 32.5 Å². The molecule has 2 rings (SSSR count). The number of aromatic nitrogens is 1. The molecule has 0 aromatic carbocycles. The number of hydrogen-bond donors (Lipinski definition) is 2. The van der Waals surface area contributed by atoms with Crippen molar-refractivity contribution in [2.24, 2.45) is 0 Å². The Morgan fingerprint density at radius 1 is 1.58 bits per heavy atom. The number of ether oxygens (including phenoxy) is 2. The van der Waals surface area contributed by atoms with Crippen molar-refractivity contribution in [2.75, 3.05) is 32.7 Å². The number of methoxy groups -OCH3 is 1. The predicted octanol–water partition coefficient (Wildman–Crippen LogP) is 0.657. The maximum absolute atomic E-state index is 12.2. The molecular weight excluding hydrogens is 246 g/mol. The Balaban J connectivity index is 2.02. The highest BCUT2D eigenvalue weighted by Gasteiger charge is 2.27. The number of hydrogen-bond acceptors (Lipinski definition) is 5. The third kappa shape index (κ3) is 3.42. The van der Waals surface area contributed by atoms with Crippen molar-refractivity contribution >= 4 is 11.7 Å². The van der Waals surface area contributed by atoms with E-state index in [1.165, 1.54) is 0 Å². The number of carbonyl (C=O) groups is 1. The number of nitrogens with zero attached hydrogens (tertiary/aromatic N) is 1. The Kier molecular flexibility index (Phi) is 4.70. The fourth-order valence-corrected chi connectivity index (χ4v) is 2.10. The zero-order chi connectivity index (χ0) is 13.7. The molecule has 6 heteroatoms. The van der Waals surface area contributed by atoms with Gasteiger partial charge >= 0.3 is 0 Å². The summed E-state index contributed by atoms with van der Waals surface area (Å²) in [5, 5.41) is 5.85. The van der Waals surface area contributed by atoms with Crippen molar-refractivity contribution in [3.05, 3.63) is 23.9 Å². The fourth-order valence-electron chi connectivity index (χ4n) is 2.10. The molecule has 2 N–H and O–H groups in total. The summed E-state index contributed by atoms with van der Waals surface area (Å²) in [7, 11) is 3.42. The predicted molar refractivity (Wildman–Crippen MR) is 71.3 cm³/mol. The standard InChI is InChI=1S/C13H19N3O3/c1-14-12-7-9(3-5-15-12)13(17)16-10-8-19-6-4-11(10)18-2/h3,5,7,10-11H,4,6,8H2,1-2H3,(H,14,15)(H,16,17)/t10-,11-/m0/s1. The van der Waals surface area contributed by atoms with Crippen molar-refractivity contribution in [3.8, 4) is 0 Å². The Labute approximate surface area is 112 Å². The van der Waals surface area contributed by atoms with Gasteiger partial charge in [-0.25, -0.2) is 4.98 Å². The molecule has 0 saturated carbocycles. The maximum atomic E-state index is 12.2. The Morgan fingerprint density at radius 3 is 3.16 bits per heavy atom. The highest BCUT2D eigenvalue weighted by molar-refractivity contribution is 5.95. The summed E-state index contributed by atoms with van der Waals surface area (Å²) in [6.45, 7) is 1.15. The quantitative estimate of drug-likeness (QED) is 0.836. The molecule has 1 aromatic rings. The number of nitrogens with one attached hydrogen (secondary N) is 2. The Bertz CT molecular complexity index is 439. The van der Waals surface area contributed by atoms with Crippen LogP contribution in [-0.2, 0) is 9.47 Å². The van der Waals surface area contributed by atoms with Crippen LogP contribution in [0.2, 0.25) is 0 Å². The fraction of sp³-hybridized carbons (Fsp3) is 0.538. The third-order valence-electron chi connectivity index (χ3n) is 3.19. The van der Waals surface area contributed by atoms with Gasteiger partial charge in [0.1, 0.15) is 5.82 Å². The van der Waals surface area contributed by atoms with E-state index in [9.17, 15) is 4.79 Å². The first-order valence-electron chi connectivity index (χ1n) is 6.30. The highest BCUT2D eigenvalue weighted by Crippen LogP contribution is 2.12. The largest absolute Gasteiger partial charge is 0.379 e. The van der Waals surface area contributed by atoms with E-state index < -0.39 is 0 Å². The minimum Gasteiger partial charge on any atom is -0.379 e. The first-order chi connectivity index (χ1) is 9.24. The van der Waals surface area contributed by atoms with Crippen molar-refractivity contribution < 1.29 is 14.3 Å². The molecule has 2 heterocycles. The molecule has 0 unspecified atom stereocenters. The van der Waals surface area contributed by atoms with E-state index in [4.69, 9.17) is 9.47 Å². The lowest BCUT2D eigenvalue weighted by molar-refractivity contribution is -0.0349. The van der Waals surface area contributed by atoms with Crippen molar-refractivity contribution in [3.63, 3.8) is 0 Å². The first kappa shape index (κ1) is 13.8. The summed E-state index contributed by atoms with van der Waals surface area (Å²) >= 11 is 0. The summed E-state index contributed by atoms with van der Waals surface area (Å²) in [5.74, 6) is 0.521. The van der Waals surface area contributed by atoms with E-state index in [1.54, 1.807) is 32.5 Å². The normalized spacial score (nSPS) is 22.8. The van der Waals surface area contributed by atoms with Crippen LogP contribution < -0.4 is 10.6 Å². The van der Waals surface area contributed by atoms with Crippen molar-refractivity contribution in [1.29, 1.82) is 0 Å². The lowest BCUT2D eigenvalue weighted by atomic mass is 10.1. The van der Waals surface area contributed by atoms with Crippen LogP contribution in [0.5, 0.6) is 0 Å². The second-order valence-corrected chi connectivity index (χ2v) is 4.40. The average molecular weight is 265 g/mol. The molecule has 1 amide bonds. The molecule has 0 aliphatic carbocycles. The minimum atomic E-state index is -0.142. The molecule has 19 heavy (non-hydrogen) atoms. The number of carbonyl (C=O) groups excluding carboxylic acids is 1. The van der Waals surface area contributed by atoms with E-state index in [0.717, 1.165) is 6.42 Å². The van der Waals surface area contributed by atoms with Gasteiger partial charge in [-0.05, 0) is 18.6 Å². The number of rotatable bonds is 4. The molecule has 1 saturated heterocycles. The molecule has 6 nitrogen and oxygen atoms in total. The molecule has 1 aliphatic rings. The van der Waals surface area contributed by atoms with Crippen LogP contribution in [0.3, 0.4) is 0 Å². The first-order valence-corrected chi connectivity index (χ1v) is 6.30. The summed E-state index contributed by atoms with van der Waals surface area (Å²) in [4.78, 5) is 16.2. The third-order valence-corrected chi connectivity index (χ3v) is 3.19. The summed E-state index contributed by atoms with van der Waals surface area (Å²) in [5.41, 5.74) is 0.569. The van der Waals surface area contributed by atoms with Gasteiger partial charge in [-0.2, -0.15) is 0 Å². The van der Waals surface area contributed by atoms with E-state index in [-0.39, 0.29) is 18.1 Å². The van der Waals surface area contributed by atoms with Crippen molar-refractivity contribution in [2.45, 2.75) is 18.6 Å². The molecule has 2 atom stereocenters. The zero-order valence-electron chi connectivity index (χ0n) is 11.2. The SMILES string of the molecule is CNc1cc(C(=O)N[C@H]2COCC[C@@H]2OC)ccn1. The van der Waals surface area contributed by atoms with Gasteiger partial charge in [-0.15, -0.1) is 0 Å². The van der Waals surface area contributed by atoms with Gasteiger partial charge in [0.25, 0.3) is 5.91 Å². The van der Waals surface area contributed by atoms with Crippen LogP contribution in [0, 0.1) is 0 Å². The van der Waals surface area contributed by atoms with Crippen LogP contribution in [0.4, 0.5) is 5.82 Å². The lowest BCUT2D eigenvalue weighted by Gasteiger charge is -2.31. The van der Waals surface area contributed by atoms with Gasteiger partial charge in [-0.3, -0.25) is 4.79 Å². The van der Waals surface area contributed by atoms with E-state index in [1.807, 2.05) is 0 Å². The summed E-state index contributed by atoms with van der Waals surface area (Å²) in [6, 6.07) is 3.28. The molecule has 0 spiro atoms. The molecule has 104 valence electrons. The molecular formula is C13H19N3O3. The highest BCUT2D eigenvalue weighted by atomic mass is 16.5. The second kappa shape index (κ2) is 6.49. The monoisotopic (exact) mass is 265 g/mol. The molecule has 1 fully saturated rings. The Hall–Kier alpha value is -1.66. The van der Waals surface area contributed by atoms with Crippen LogP contribution in [-0.4, -0.2) is 50.4 Å². The van der Waals surface area contributed by atoms with Crippen molar-refractivity contribution in [1.82, 2.24) is 10.3 Å². The van der Waals surface area contributed by atoms with E-state index >= 15 is 0 Å². The van der Waals surface area contributed by atoms with Gasteiger partial charge < -0.3 is 20.1 Å². The minimum absolute atomic E-state index is 0.00306. The van der Waals surface area contributed by atoms with E-state index in [2.05, 4.69) is 15.6 Å². The number of anilines is 1. The van der Waals surface area contributed by atoms with Gasteiger partial charge in [-0.1, -0.05) is 0 Å². The summed E-state index contributed by atoms with van der Waals surface area (Å²) in [6.07, 6.45) is 2.40. The number of amides is 1.